The van der Waals surface area contributed by atoms with Crippen LogP contribution in [0.1, 0.15) is 57.4 Å². The monoisotopic (exact) mass is 346 g/mol. The van der Waals surface area contributed by atoms with Gasteiger partial charge in [-0.15, -0.1) is 11.3 Å². The highest BCUT2D eigenvalue weighted by Gasteiger charge is 2.40. The molecule has 0 aliphatic heterocycles. The third-order valence-corrected chi connectivity index (χ3v) is 5.43. The van der Waals surface area contributed by atoms with Gasteiger partial charge in [0.25, 0.3) is 0 Å². The van der Waals surface area contributed by atoms with Crippen LogP contribution in [0.15, 0.2) is 12.1 Å². The minimum Gasteiger partial charge on any atom is -0.392 e. The van der Waals surface area contributed by atoms with Crippen molar-refractivity contribution >= 4 is 46.1 Å². The molecule has 0 spiro atoms. The van der Waals surface area contributed by atoms with Crippen molar-refractivity contribution in [1.29, 1.82) is 0 Å². The van der Waals surface area contributed by atoms with Gasteiger partial charge in [-0.05, 0) is 31.9 Å². The highest BCUT2D eigenvalue weighted by Crippen LogP contribution is 2.33. The molecule has 1 atom stereocenters. The van der Waals surface area contributed by atoms with Gasteiger partial charge in [-0.25, -0.2) is 0 Å². The number of amides is 1. The Kier molecular flexibility index (Phi) is 7.10. The Labute approximate surface area is 141 Å². The third-order valence-electron chi connectivity index (χ3n) is 3.63. The molecule has 3 nitrogen and oxygen atoms in total. The van der Waals surface area contributed by atoms with E-state index in [9.17, 15) is 4.79 Å². The molecule has 0 aromatic carbocycles. The number of halogens is 1. The van der Waals surface area contributed by atoms with E-state index in [2.05, 4.69) is 5.32 Å². The van der Waals surface area contributed by atoms with E-state index in [-0.39, 0.29) is 11.9 Å². The van der Waals surface area contributed by atoms with Gasteiger partial charge in [0.05, 0.1) is 20.8 Å². The number of nitrogens with one attached hydrogen (secondary N) is 1. The van der Waals surface area contributed by atoms with E-state index in [1.807, 2.05) is 32.9 Å². The van der Waals surface area contributed by atoms with Gasteiger partial charge in [-0.2, -0.15) is 0 Å². The second kappa shape index (κ2) is 8.11. The molecule has 0 bridgehead atoms. The Balaban J connectivity index is 2.92. The van der Waals surface area contributed by atoms with Crippen LogP contribution in [-0.2, 0) is 4.79 Å². The quantitative estimate of drug-likeness (QED) is 0.683. The molecule has 0 saturated heterocycles. The maximum atomic E-state index is 12.8. The van der Waals surface area contributed by atoms with Crippen molar-refractivity contribution in [2.24, 2.45) is 11.1 Å². The normalized spacial score (nSPS) is 13.0. The molecule has 118 valence electrons. The van der Waals surface area contributed by atoms with Crippen molar-refractivity contribution in [3.05, 3.63) is 21.3 Å². The molecule has 1 aromatic heterocycles. The van der Waals surface area contributed by atoms with Crippen molar-refractivity contribution in [2.75, 3.05) is 0 Å². The smallest absolute Gasteiger partial charge is 0.233 e. The zero-order chi connectivity index (χ0) is 16.0. The van der Waals surface area contributed by atoms with Crippen molar-refractivity contribution in [3.63, 3.8) is 0 Å². The zero-order valence-electron chi connectivity index (χ0n) is 12.7. The first kappa shape index (κ1) is 18.4. The highest BCUT2D eigenvalue weighted by atomic mass is 35.5. The van der Waals surface area contributed by atoms with Gasteiger partial charge in [-0.1, -0.05) is 50.5 Å². The van der Waals surface area contributed by atoms with Crippen LogP contribution in [0.2, 0.25) is 4.34 Å². The number of rotatable bonds is 8. The first-order valence-electron chi connectivity index (χ1n) is 7.23. The number of hydrogen-bond acceptors (Lipinski definition) is 3. The summed E-state index contributed by atoms with van der Waals surface area (Å²) in [6.45, 7) is 6.03. The van der Waals surface area contributed by atoms with E-state index in [1.165, 1.54) is 11.3 Å². The van der Waals surface area contributed by atoms with Crippen molar-refractivity contribution in [2.45, 2.75) is 52.5 Å². The lowest BCUT2D eigenvalue weighted by atomic mass is 9.78. The molecule has 3 N–H and O–H groups in total. The second-order valence-electron chi connectivity index (χ2n) is 5.28. The fraction of sp³-hybridized carbons (Fsp3) is 0.600. The van der Waals surface area contributed by atoms with Gasteiger partial charge < -0.3 is 11.1 Å². The van der Waals surface area contributed by atoms with Crippen LogP contribution in [0.25, 0.3) is 0 Å². The molecule has 0 radical (unpaired) electrons. The van der Waals surface area contributed by atoms with Gasteiger partial charge >= 0.3 is 0 Å². The van der Waals surface area contributed by atoms with Crippen LogP contribution in [0.3, 0.4) is 0 Å². The first-order chi connectivity index (χ1) is 9.87. The third kappa shape index (κ3) is 4.41. The number of thiocarbonyl (C=S) groups is 1. The topological polar surface area (TPSA) is 55.1 Å². The van der Waals surface area contributed by atoms with Crippen molar-refractivity contribution in [3.8, 4) is 0 Å². The van der Waals surface area contributed by atoms with E-state index in [0.717, 1.165) is 17.7 Å². The molecule has 1 unspecified atom stereocenters. The van der Waals surface area contributed by atoms with Crippen LogP contribution < -0.4 is 11.1 Å². The van der Waals surface area contributed by atoms with Gasteiger partial charge in [0.15, 0.2) is 0 Å². The van der Waals surface area contributed by atoms with Crippen LogP contribution in [-0.4, -0.2) is 10.9 Å². The Bertz CT molecular complexity index is 496. The van der Waals surface area contributed by atoms with Gasteiger partial charge in [0, 0.05) is 4.88 Å². The van der Waals surface area contributed by atoms with Crippen LogP contribution in [0, 0.1) is 5.41 Å². The maximum absolute atomic E-state index is 12.8. The summed E-state index contributed by atoms with van der Waals surface area (Å²) in [5.41, 5.74) is 5.17. The highest BCUT2D eigenvalue weighted by molar-refractivity contribution is 7.80. The largest absolute Gasteiger partial charge is 0.392 e. The number of nitrogens with two attached hydrogens (primary N) is 1. The molecule has 1 heterocycles. The second-order valence-corrected chi connectivity index (χ2v) is 7.47. The molecule has 0 aliphatic carbocycles. The Morgan fingerprint density at radius 2 is 2.00 bits per heavy atom. The zero-order valence-corrected chi connectivity index (χ0v) is 15.1. The molecule has 0 fully saturated rings. The summed E-state index contributed by atoms with van der Waals surface area (Å²) in [5, 5.41) is 3.05. The van der Waals surface area contributed by atoms with E-state index in [4.69, 9.17) is 29.6 Å². The predicted molar refractivity (Wildman–Crippen MR) is 94.9 cm³/mol. The number of thiophene rings is 1. The van der Waals surface area contributed by atoms with E-state index < -0.39 is 5.41 Å². The molecule has 0 aliphatic rings. The Hall–Kier alpha value is -0.650. The minimum atomic E-state index is -0.742. The molecule has 21 heavy (non-hydrogen) atoms. The Morgan fingerprint density at radius 1 is 1.43 bits per heavy atom. The summed E-state index contributed by atoms with van der Waals surface area (Å²) in [6, 6.07) is 3.67. The minimum absolute atomic E-state index is 0.0734. The number of carbonyl (C=O) groups excluding carboxylic acids is 1. The standard InChI is InChI=1S/C15H23ClN2OS2/c1-4-8-15(9-5-2,13(17)20)14(19)18-10(3)11-6-7-12(16)21-11/h6-7,10H,4-5,8-9H2,1-3H3,(H2,17,20)(H,18,19). The molecule has 1 rings (SSSR count). The van der Waals surface area contributed by atoms with Crippen LogP contribution in [0.4, 0.5) is 0 Å². The van der Waals surface area contributed by atoms with E-state index >= 15 is 0 Å². The SMILES string of the molecule is CCCC(CCC)(C(=O)NC(C)c1ccc(Cl)s1)C(N)=S. The maximum Gasteiger partial charge on any atom is 0.233 e. The summed E-state index contributed by atoms with van der Waals surface area (Å²) in [7, 11) is 0. The molecule has 1 aromatic rings. The Morgan fingerprint density at radius 3 is 2.38 bits per heavy atom. The molecular weight excluding hydrogens is 324 g/mol. The summed E-state index contributed by atoms with van der Waals surface area (Å²) in [4.78, 5) is 14.1. The van der Waals surface area contributed by atoms with Gasteiger partial charge in [0.2, 0.25) is 5.91 Å². The van der Waals surface area contributed by atoms with Gasteiger partial charge in [0.1, 0.15) is 0 Å². The fourth-order valence-electron chi connectivity index (χ4n) is 2.53. The lowest BCUT2D eigenvalue weighted by Crippen LogP contribution is -2.49. The van der Waals surface area contributed by atoms with Crippen molar-refractivity contribution in [1.82, 2.24) is 5.32 Å². The summed E-state index contributed by atoms with van der Waals surface area (Å²) in [5.74, 6) is -0.0734. The predicted octanol–water partition coefficient (Wildman–Crippen LogP) is 4.45. The van der Waals surface area contributed by atoms with E-state index in [0.29, 0.717) is 22.2 Å². The number of carbonyl (C=O) groups is 1. The molecule has 0 saturated carbocycles. The fourth-order valence-corrected chi connectivity index (χ4v) is 3.89. The lowest BCUT2D eigenvalue weighted by Gasteiger charge is -2.32. The summed E-state index contributed by atoms with van der Waals surface area (Å²) in [6.07, 6.45) is 3.09. The van der Waals surface area contributed by atoms with Crippen LogP contribution >= 0.6 is 35.2 Å². The number of hydrogen-bond donors (Lipinski definition) is 2. The average molecular weight is 347 g/mol. The van der Waals surface area contributed by atoms with Crippen molar-refractivity contribution < 1.29 is 4.79 Å². The van der Waals surface area contributed by atoms with Gasteiger partial charge in [-0.3, -0.25) is 4.79 Å². The summed E-state index contributed by atoms with van der Waals surface area (Å²) >= 11 is 12.6. The molecule has 6 heteroatoms. The summed E-state index contributed by atoms with van der Waals surface area (Å²) < 4.78 is 0.717. The molecule has 1 amide bonds. The average Bonchev–Trinajstić information content (AvgIpc) is 2.84. The lowest BCUT2D eigenvalue weighted by molar-refractivity contribution is -0.128. The first-order valence-corrected chi connectivity index (χ1v) is 8.83. The van der Waals surface area contributed by atoms with Crippen LogP contribution in [0.5, 0.6) is 0 Å². The van der Waals surface area contributed by atoms with E-state index in [1.54, 1.807) is 0 Å². The molecular formula is C15H23ClN2OS2.